The van der Waals surface area contributed by atoms with Crippen LogP contribution in [0.4, 0.5) is 11.4 Å². The first-order valence-corrected chi connectivity index (χ1v) is 7.30. The van der Waals surface area contributed by atoms with Crippen LogP contribution in [0.2, 0.25) is 0 Å². The molecule has 0 aliphatic rings. The van der Waals surface area contributed by atoms with Gasteiger partial charge in [0.25, 0.3) is 0 Å². The Morgan fingerprint density at radius 3 is 2.58 bits per heavy atom. The molecule has 7 heteroatoms. The van der Waals surface area contributed by atoms with Crippen molar-refractivity contribution in [3.63, 3.8) is 0 Å². The number of anilines is 2. The Balaban J connectivity index is 3.08. The normalized spacial score (nSPS) is 13.5. The van der Waals surface area contributed by atoms with Crippen molar-refractivity contribution in [1.82, 2.24) is 4.31 Å². The third-order valence-corrected chi connectivity index (χ3v) is 4.43. The van der Waals surface area contributed by atoms with E-state index in [0.29, 0.717) is 18.0 Å². The van der Waals surface area contributed by atoms with Gasteiger partial charge in [0.1, 0.15) is 0 Å². The molecule has 108 valence electrons. The van der Waals surface area contributed by atoms with Gasteiger partial charge in [-0.3, -0.25) is 0 Å². The first-order chi connectivity index (χ1) is 8.78. The molecule has 0 aliphatic heterocycles. The molecule has 1 aromatic carbocycles. The van der Waals surface area contributed by atoms with Gasteiger partial charge in [-0.25, -0.2) is 12.7 Å². The fourth-order valence-corrected chi connectivity index (χ4v) is 2.52. The largest absolute Gasteiger partial charge is 0.397 e. The lowest BCUT2D eigenvalue weighted by Gasteiger charge is -2.18. The lowest BCUT2D eigenvalue weighted by atomic mass is 10.2. The Labute approximate surface area is 114 Å². The average molecular weight is 287 g/mol. The van der Waals surface area contributed by atoms with Crippen LogP contribution in [0.15, 0.2) is 23.1 Å². The van der Waals surface area contributed by atoms with Crippen molar-refractivity contribution in [2.45, 2.75) is 17.9 Å². The molecular weight excluding hydrogens is 266 g/mol. The molecule has 1 aromatic rings. The molecule has 1 atom stereocenters. The van der Waals surface area contributed by atoms with Gasteiger partial charge in [0.15, 0.2) is 0 Å². The van der Waals surface area contributed by atoms with Crippen molar-refractivity contribution >= 4 is 21.4 Å². The zero-order valence-corrected chi connectivity index (χ0v) is 12.5. The molecule has 1 rings (SSSR count). The minimum atomic E-state index is -3.46. The summed E-state index contributed by atoms with van der Waals surface area (Å²) in [5, 5.41) is 3.13. The fourth-order valence-electron chi connectivity index (χ4n) is 1.59. The summed E-state index contributed by atoms with van der Waals surface area (Å²) in [4.78, 5) is 0.207. The number of rotatable bonds is 6. The maximum atomic E-state index is 12.0. The van der Waals surface area contributed by atoms with Crippen LogP contribution in [-0.4, -0.2) is 46.6 Å². The number of nitrogen functional groups attached to an aromatic ring is 1. The van der Waals surface area contributed by atoms with E-state index < -0.39 is 10.0 Å². The maximum Gasteiger partial charge on any atom is 0.242 e. The summed E-state index contributed by atoms with van der Waals surface area (Å²) in [6.45, 7) is 2.43. The van der Waals surface area contributed by atoms with E-state index >= 15 is 0 Å². The molecule has 0 heterocycles. The predicted octanol–water partition coefficient (Wildman–Crippen LogP) is 0.966. The van der Waals surface area contributed by atoms with E-state index in [-0.39, 0.29) is 10.9 Å². The number of methoxy groups -OCH3 is 1. The summed E-state index contributed by atoms with van der Waals surface area (Å²) in [5.41, 5.74) is 6.93. The van der Waals surface area contributed by atoms with Crippen molar-refractivity contribution in [3.05, 3.63) is 18.2 Å². The number of hydrogen-bond acceptors (Lipinski definition) is 5. The summed E-state index contributed by atoms with van der Waals surface area (Å²) in [5.74, 6) is 0. The summed E-state index contributed by atoms with van der Waals surface area (Å²) in [6.07, 6.45) is 0. The van der Waals surface area contributed by atoms with E-state index in [4.69, 9.17) is 10.5 Å². The number of ether oxygens (including phenoxy) is 1. The minimum absolute atomic E-state index is 0.0320. The van der Waals surface area contributed by atoms with Gasteiger partial charge in [-0.2, -0.15) is 0 Å². The van der Waals surface area contributed by atoms with Gasteiger partial charge < -0.3 is 15.8 Å². The van der Waals surface area contributed by atoms with Gasteiger partial charge in [0.2, 0.25) is 10.0 Å². The molecule has 0 spiro atoms. The molecule has 3 N–H and O–H groups in total. The highest BCUT2D eigenvalue weighted by Gasteiger charge is 2.18. The second kappa shape index (κ2) is 6.23. The molecule has 0 amide bonds. The number of sulfonamides is 1. The summed E-state index contributed by atoms with van der Waals surface area (Å²) in [6, 6.07) is 4.65. The van der Waals surface area contributed by atoms with Gasteiger partial charge in [0.05, 0.1) is 22.9 Å². The van der Waals surface area contributed by atoms with Crippen molar-refractivity contribution in [2.75, 3.05) is 38.9 Å². The number of nitrogens with two attached hydrogens (primary N) is 1. The minimum Gasteiger partial charge on any atom is -0.397 e. The Bertz CT molecular complexity index is 529. The van der Waals surface area contributed by atoms with Crippen molar-refractivity contribution in [1.29, 1.82) is 0 Å². The second-order valence-electron chi connectivity index (χ2n) is 4.54. The topological polar surface area (TPSA) is 84.7 Å². The van der Waals surface area contributed by atoms with Crippen LogP contribution < -0.4 is 11.1 Å². The molecule has 19 heavy (non-hydrogen) atoms. The standard InChI is InChI=1S/C12H21N3O3S/c1-9(8-18-4)14-12-7-10(5-6-11(12)13)19(16,17)15(2)3/h5-7,9,14H,8,13H2,1-4H3. The van der Waals surface area contributed by atoms with Gasteiger partial charge in [-0.1, -0.05) is 0 Å². The zero-order valence-electron chi connectivity index (χ0n) is 11.7. The Hall–Kier alpha value is -1.31. The van der Waals surface area contributed by atoms with E-state index in [1.807, 2.05) is 6.92 Å². The predicted molar refractivity (Wildman–Crippen MR) is 76.7 cm³/mol. The highest BCUT2D eigenvalue weighted by molar-refractivity contribution is 7.89. The van der Waals surface area contributed by atoms with Crippen molar-refractivity contribution in [2.24, 2.45) is 0 Å². The highest BCUT2D eigenvalue weighted by atomic mass is 32.2. The summed E-state index contributed by atoms with van der Waals surface area (Å²) >= 11 is 0. The molecule has 0 aliphatic carbocycles. The van der Waals surface area contributed by atoms with E-state index in [1.165, 1.54) is 30.5 Å². The molecule has 1 unspecified atom stereocenters. The Morgan fingerprint density at radius 1 is 1.42 bits per heavy atom. The first-order valence-electron chi connectivity index (χ1n) is 5.86. The van der Waals surface area contributed by atoms with Crippen LogP contribution >= 0.6 is 0 Å². The van der Waals surface area contributed by atoms with Crippen LogP contribution in [0.3, 0.4) is 0 Å². The van der Waals surface area contributed by atoms with E-state index in [1.54, 1.807) is 13.2 Å². The molecule has 0 radical (unpaired) electrons. The SMILES string of the molecule is COCC(C)Nc1cc(S(=O)(=O)N(C)C)ccc1N. The monoisotopic (exact) mass is 287 g/mol. The molecule has 0 saturated heterocycles. The third kappa shape index (κ3) is 3.82. The molecule has 0 bridgehead atoms. The van der Waals surface area contributed by atoms with Crippen LogP contribution in [0.25, 0.3) is 0 Å². The Kier molecular flexibility index (Phi) is 5.16. The molecule has 0 aromatic heterocycles. The third-order valence-electron chi connectivity index (χ3n) is 2.62. The van der Waals surface area contributed by atoms with Crippen LogP contribution in [0.1, 0.15) is 6.92 Å². The Morgan fingerprint density at radius 2 is 2.05 bits per heavy atom. The second-order valence-corrected chi connectivity index (χ2v) is 6.69. The zero-order chi connectivity index (χ0) is 14.6. The fraction of sp³-hybridized carbons (Fsp3) is 0.500. The number of nitrogens with one attached hydrogen (secondary N) is 1. The molecular formula is C12H21N3O3S. The maximum absolute atomic E-state index is 12.0. The van der Waals surface area contributed by atoms with Gasteiger partial charge in [-0.05, 0) is 25.1 Å². The van der Waals surface area contributed by atoms with E-state index in [0.717, 1.165) is 0 Å². The number of hydrogen-bond donors (Lipinski definition) is 2. The quantitative estimate of drug-likeness (QED) is 0.761. The summed E-state index contributed by atoms with van der Waals surface area (Å²) < 4.78 is 30.3. The molecule has 6 nitrogen and oxygen atoms in total. The highest BCUT2D eigenvalue weighted by Crippen LogP contribution is 2.24. The number of nitrogens with zero attached hydrogens (tertiary/aromatic N) is 1. The lowest BCUT2D eigenvalue weighted by Crippen LogP contribution is -2.24. The van der Waals surface area contributed by atoms with Gasteiger partial charge in [-0.15, -0.1) is 0 Å². The van der Waals surface area contributed by atoms with Crippen molar-refractivity contribution < 1.29 is 13.2 Å². The van der Waals surface area contributed by atoms with E-state index in [9.17, 15) is 8.42 Å². The summed E-state index contributed by atoms with van der Waals surface area (Å²) in [7, 11) is 1.13. The van der Waals surface area contributed by atoms with Crippen molar-refractivity contribution in [3.8, 4) is 0 Å². The first kappa shape index (κ1) is 15.7. The molecule has 0 fully saturated rings. The van der Waals surface area contributed by atoms with Gasteiger partial charge in [0, 0.05) is 27.2 Å². The van der Waals surface area contributed by atoms with Crippen LogP contribution in [-0.2, 0) is 14.8 Å². The van der Waals surface area contributed by atoms with Gasteiger partial charge >= 0.3 is 0 Å². The van der Waals surface area contributed by atoms with Crippen LogP contribution in [0, 0.1) is 0 Å². The molecule has 0 saturated carbocycles. The van der Waals surface area contributed by atoms with Crippen LogP contribution in [0.5, 0.6) is 0 Å². The smallest absolute Gasteiger partial charge is 0.242 e. The lowest BCUT2D eigenvalue weighted by molar-refractivity contribution is 0.190. The number of benzene rings is 1. The van der Waals surface area contributed by atoms with E-state index in [2.05, 4.69) is 5.32 Å². The average Bonchev–Trinajstić information content (AvgIpc) is 2.31.